The molecular formula is C46H84N4. The van der Waals surface area contributed by atoms with Gasteiger partial charge in [-0.3, -0.25) is 0 Å². The Hall–Kier alpha value is -1.94. The fraction of sp³-hybridized carbons (Fsp3) is 0.783. The van der Waals surface area contributed by atoms with E-state index < -0.39 is 0 Å². The first-order valence-electron chi connectivity index (χ1n) is 21.7. The van der Waals surface area contributed by atoms with Gasteiger partial charge in [-0.2, -0.15) is 0 Å². The highest BCUT2D eigenvalue weighted by Gasteiger charge is 2.15. The number of unbranched alkanes of at least 4 members (excludes halogenated alkanes) is 18. The Bertz CT molecular complexity index is 907. The zero-order valence-electron chi connectivity index (χ0n) is 34.1. The van der Waals surface area contributed by atoms with Crippen LogP contribution in [-0.4, -0.2) is 40.5 Å². The molecule has 288 valence electrons. The number of allylic oxidation sites excluding steroid dienone is 8. The first kappa shape index (κ1) is 46.1. The van der Waals surface area contributed by atoms with Crippen LogP contribution in [-0.2, 0) is 6.42 Å². The Morgan fingerprint density at radius 3 is 1.42 bits per heavy atom. The van der Waals surface area contributed by atoms with Crippen LogP contribution in [0, 0.1) is 5.92 Å². The first-order chi connectivity index (χ1) is 24.6. The van der Waals surface area contributed by atoms with Crippen LogP contribution in [0.15, 0.2) is 54.8 Å². The predicted molar refractivity (Wildman–Crippen MR) is 223 cm³/mol. The van der Waals surface area contributed by atoms with E-state index in [1.165, 1.54) is 166 Å². The van der Waals surface area contributed by atoms with Gasteiger partial charge in [0.05, 0.1) is 11.7 Å². The second-order valence-electron chi connectivity index (χ2n) is 15.5. The Labute approximate surface area is 312 Å². The fourth-order valence-corrected chi connectivity index (χ4v) is 6.67. The summed E-state index contributed by atoms with van der Waals surface area (Å²) in [7, 11) is 4.32. The van der Waals surface area contributed by atoms with Crippen LogP contribution in [0.1, 0.15) is 206 Å². The Morgan fingerprint density at radius 2 is 0.980 bits per heavy atom. The molecule has 0 aliphatic heterocycles. The maximum atomic E-state index is 4.68. The molecule has 4 nitrogen and oxygen atoms in total. The maximum Gasteiger partial charge on any atom is 0.0829 e. The highest BCUT2D eigenvalue weighted by molar-refractivity contribution is 4.96. The van der Waals surface area contributed by atoms with Crippen molar-refractivity contribution in [2.24, 2.45) is 5.92 Å². The highest BCUT2D eigenvalue weighted by atomic mass is 15.4. The number of hydrogen-bond donors (Lipinski definition) is 0. The molecule has 4 heteroatoms. The lowest BCUT2D eigenvalue weighted by molar-refractivity contribution is 0.358. The summed E-state index contributed by atoms with van der Waals surface area (Å²) in [5.41, 5.74) is 1.18. The topological polar surface area (TPSA) is 34.0 Å². The first-order valence-corrected chi connectivity index (χ1v) is 21.7. The molecule has 0 aromatic carbocycles. The molecule has 0 aliphatic rings. The van der Waals surface area contributed by atoms with Gasteiger partial charge in [0, 0.05) is 6.20 Å². The Kier molecular flexibility index (Phi) is 32.7. The van der Waals surface area contributed by atoms with Crippen LogP contribution in [0.2, 0.25) is 0 Å². The van der Waals surface area contributed by atoms with Gasteiger partial charge in [0.1, 0.15) is 0 Å². The van der Waals surface area contributed by atoms with Crippen LogP contribution in [0.4, 0.5) is 0 Å². The summed E-state index contributed by atoms with van der Waals surface area (Å²) in [4.78, 5) is 2.28. The molecule has 50 heavy (non-hydrogen) atoms. The van der Waals surface area contributed by atoms with Gasteiger partial charge in [-0.25, -0.2) is 4.68 Å². The Morgan fingerprint density at radius 1 is 0.560 bits per heavy atom. The summed E-state index contributed by atoms with van der Waals surface area (Å²) in [6, 6.07) is 0.505. The van der Waals surface area contributed by atoms with Crippen LogP contribution in [0.3, 0.4) is 0 Å². The smallest absolute Gasteiger partial charge is 0.0829 e. The quantitative estimate of drug-likeness (QED) is 0.0518. The van der Waals surface area contributed by atoms with E-state index in [0.29, 0.717) is 12.0 Å². The van der Waals surface area contributed by atoms with Crippen molar-refractivity contribution in [1.29, 1.82) is 0 Å². The standard InChI is InChI=1S/C46H84N4/c1-6-8-10-12-14-16-18-20-22-24-26-28-30-32-34-36-38-46(50-43-45(47-48-50)42-44(3)40-41-49(4)5)39-37-35-33-31-29-27-25-23-21-19-17-15-13-11-9-7-2/h14-17,20-23,43-44,46H,6-13,18-19,24-42H2,1-5H3/b16-14-,17-15-,22-20-,23-21-. The van der Waals surface area contributed by atoms with Crippen LogP contribution in [0.25, 0.3) is 0 Å². The molecule has 1 rings (SSSR count). The number of aromatic nitrogens is 3. The normalized spacial score (nSPS) is 13.2. The van der Waals surface area contributed by atoms with Crippen molar-refractivity contribution in [3.63, 3.8) is 0 Å². The van der Waals surface area contributed by atoms with Crippen LogP contribution < -0.4 is 0 Å². The summed E-state index contributed by atoms with van der Waals surface area (Å²) in [6.45, 7) is 8.04. The second kappa shape index (κ2) is 35.5. The van der Waals surface area contributed by atoms with E-state index in [0.717, 1.165) is 25.8 Å². The second-order valence-corrected chi connectivity index (χ2v) is 15.5. The van der Waals surface area contributed by atoms with Gasteiger partial charge in [0.25, 0.3) is 0 Å². The summed E-state index contributed by atoms with van der Waals surface area (Å²) in [5.74, 6) is 0.640. The molecule has 0 N–H and O–H groups in total. The van der Waals surface area contributed by atoms with Gasteiger partial charge in [-0.05, 0) is 116 Å². The molecule has 1 aromatic rings. The molecule has 0 radical (unpaired) electrons. The van der Waals surface area contributed by atoms with Crippen LogP contribution >= 0.6 is 0 Å². The minimum absolute atomic E-state index is 0.505. The summed E-state index contributed by atoms with van der Waals surface area (Å²) < 4.78 is 2.24. The van der Waals surface area contributed by atoms with Crippen molar-refractivity contribution < 1.29 is 0 Å². The van der Waals surface area contributed by atoms with E-state index >= 15 is 0 Å². The lowest BCUT2D eigenvalue weighted by Gasteiger charge is -2.17. The molecule has 0 bridgehead atoms. The molecule has 0 saturated heterocycles. The summed E-state index contributed by atoms with van der Waals surface area (Å²) in [6.07, 6.45) is 57.3. The van der Waals surface area contributed by atoms with Gasteiger partial charge < -0.3 is 4.90 Å². The molecule has 0 saturated carbocycles. The monoisotopic (exact) mass is 693 g/mol. The lowest BCUT2D eigenvalue weighted by Crippen LogP contribution is -2.16. The summed E-state index contributed by atoms with van der Waals surface area (Å²) in [5, 5.41) is 9.32. The molecule has 0 amide bonds. The Balaban J connectivity index is 2.31. The van der Waals surface area contributed by atoms with Crippen LogP contribution in [0.5, 0.6) is 0 Å². The van der Waals surface area contributed by atoms with Gasteiger partial charge in [-0.1, -0.05) is 164 Å². The van der Waals surface area contributed by atoms with Gasteiger partial charge >= 0.3 is 0 Å². The predicted octanol–water partition coefficient (Wildman–Crippen LogP) is 14.4. The third-order valence-electron chi connectivity index (χ3n) is 10.0. The third kappa shape index (κ3) is 29.8. The molecule has 0 spiro atoms. The molecule has 1 heterocycles. The highest BCUT2D eigenvalue weighted by Crippen LogP contribution is 2.24. The van der Waals surface area contributed by atoms with E-state index in [1.807, 2.05) is 0 Å². The molecule has 1 atom stereocenters. The number of hydrogen-bond acceptors (Lipinski definition) is 3. The van der Waals surface area contributed by atoms with Gasteiger partial charge in [0.15, 0.2) is 0 Å². The average molecular weight is 693 g/mol. The van der Waals surface area contributed by atoms with Crippen molar-refractivity contribution >= 4 is 0 Å². The zero-order chi connectivity index (χ0) is 36.2. The van der Waals surface area contributed by atoms with Crippen molar-refractivity contribution in [2.45, 2.75) is 207 Å². The number of rotatable bonds is 36. The van der Waals surface area contributed by atoms with E-state index in [4.69, 9.17) is 0 Å². The van der Waals surface area contributed by atoms with E-state index in [1.54, 1.807) is 0 Å². The van der Waals surface area contributed by atoms with E-state index in [2.05, 4.69) is 110 Å². The van der Waals surface area contributed by atoms with Gasteiger partial charge in [-0.15, -0.1) is 5.10 Å². The fourth-order valence-electron chi connectivity index (χ4n) is 6.67. The minimum Gasteiger partial charge on any atom is -0.309 e. The average Bonchev–Trinajstić information content (AvgIpc) is 3.57. The van der Waals surface area contributed by atoms with Crippen molar-refractivity contribution in [3.8, 4) is 0 Å². The van der Waals surface area contributed by atoms with Gasteiger partial charge in [0.2, 0.25) is 0 Å². The van der Waals surface area contributed by atoms with E-state index in [9.17, 15) is 0 Å². The SMILES string of the molecule is CCCCC/C=C\C/C=C\CCCCCCCCC(CCCCCCCC/C=C\C/C=C\CCCCC)n1cc(CC(C)CCN(C)C)nn1. The minimum atomic E-state index is 0.505. The molecule has 1 aromatic heterocycles. The molecule has 0 fully saturated rings. The zero-order valence-corrected chi connectivity index (χ0v) is 34.1. The van der Waals surface area contributed by atoms with Crippen molar-refractivity contribution in [2.75, 3.05) is 20.6 Å². The number of nitrogens with zero attached hydrogens (tertiary/aromatic N) is 4. The largest absolute Gasteiger partial charge is 0.309 e. The van der Waals surface area contributed by atoms with Crippen molar-refractivity contribution in [1.82, 2.24) is 19.9 Å². The van der Waals surface area contributed by atoms with Crippen molar-refractivity contribution in [3.05, 3.63) is 60.5 Å². The maximum absolute atomic E-state index is 4.68. The molecular weight excluding hydrogens is 609 g/mol. The third-order valence-corrected chi connectivity index (χ3v) is 10.0. The summed E-state index contributed by atoms with van der Waals surface area (Å²) >= 11 is 0. The lowest BCUT2D eigenvalue weighted by atomic mass is 9.99. The van der Waals surface area contributed by atoms with E-state index in [-0.39, 0.29) is 0 Å². The molecule has 0 aliphatic carbocycles. The molecule has 1 unspecified atom stereocenters.